The first-order chi connectivity index (χ1) is 21.5. The van der Waals surface area contributed by atoms with Gasteiger partial charge in [0.15, 0.2) is 23.0 Å². The lowest BCUT2D eigenvalue weighted by molar-refractivity contribution is -0.129. The quantitative estimate of drug-likeness (QED) is 0.332. The first-order valence-corrected chi connectivity index (χ1v) is 15.6. The highest BCUT2D eigenvalue weighted by atomic mass is 35.5. The number of fused-ring (bicyclic) bond motifs is 9. The number of piperazine rings is 1. The number of likely N-dealkylation sites (N-methyl/N-ethyl adjacent to an activating group) is 1. The molecule has 0 spiro atoms. The minimum atomic E-state index is -0.825. The molecule has 6 rings (SSSR count). The van der Waals surface area contributed by atoms with Crippen molar-refractivity contribution in [3.63, 3.8) is 0 Å². The second-order valence-corrected chi connectivity index (χ2v) is 12.6. The van der Waals surface area contributed by atoms with Crippen LogP contribution in [0.3, 0.4) is 0 Å². The summed E-state index contributed by atoms with van der Waals surface area (Å²) in [7, 11) is 3.49. The van der Waals surface area contributed by atoms with Crippen LogP contribution in [0.4, 0.5) is 0 Å². The van der Waals surface area contributed by atoms with Gasteiger partial charge in [0.1, 0.15) is 17.8 Å². The topological polar surface area (TPSA) is 157 Å². The van der Waals surface area contributed by atoms with Gasteiger partial charge in [-0.25, -0.2) is 0 Å². The Morgan fingerprint density at radius 2 is 1.91 bits per heavy atom. The number of carbonyl (C=O) groups is 2. The molecule has 0 aromatic heterocycles. The van der Waals surface area contributed by atoms with Gasteiger partial charge < -0.3 is 35.1 Å². The van der Waals surface area contributed by atoms with E-state index in [1.807, 2.05) is 20.0 Å². The van der Waals surface area contributed by atoms with Gasteiger partial charge in [0.05, 0.1) is 25.3 Å². The van der Waals surface area contributed by atoms with Crippen molar-refractivity contribution in [1.82, 2.24) is 20.4 Å². The van der Waals surface area contributed by atoms with E-state index < -0.39 is 24.0 Å². The molecule has 2 aromatic rings. The number of aryl methyl sites for hydroxylation is 1. The van der Waals surface area contributed by atoms with Crippen LogP contribution in [0.2, 0.25) is 0 Å². The van der Waals surface area contributed by atoms with Crippen LogP contribution in [0.15, 0.2) is 6.07 Å². The SMILES string of the molecule is COc1c(C)cc2c(c1O)[C@H]1C3Cc4c(O)c(C)c5c(c4[C@H](CNC(=O)[C@H](C)NC(=O)CCCl)N3[C@@H](C#N)[C@H](C2)N1C)OCO5. The van der Waals surface area contributed by atoms with Crippen LogP contribution in [0.5, 0.6) is 28.7 Å². The van der Waals surface area contributed by atoms with Crippen molar-refractivity contribution >= 4 is 23.4 Å². The molecule has 0 aliphatic carbocycles. The molecule has 2 amide bonds. The number of halogens is 1. The second-order valence-electron chi connectivity index (χ2n) is 12.2. The number of hydrogen-bond acceptors (Lipinski definition) is 10. The van der Waals surface area contributed by atoms with Gasteiger partial charge in [0, 0.05) is 53.2 Å². The lowest BCUT2D eigenvalue weighted by atomic mass is 9.71. The van der Waals surface area contributed by atoms with Crippen molar-refractivity contribution in [1.29, 1.82) is 5.26 Å². The van der Waals surface area contributed by atoms with E-state index in [-0.39, 0.29) is 61.2 Å². The molecule has 12 nitrogen and oxygen atoms in total. The van der Waals surface area contributed by atoms with Crippen LogP contribution in [0.25, 0.3) is 0 Å². The summed E-state index contributed by atoms with van der Waals surface area (Å²) < 4.78 is 17.4. The number of nitrogens with one attached hydrogen (secondary N) is 2. The maximum absolute atomic E-state index is 13.3. The van der Waals surface area contributed by atoms with Crippen LogP contribution >= 0.6 is 11.6 Å². The standard InChI is InChI=1S/C32H38ClN5O7/c1-14-8-17-9-19-21(11-34)38-20(26(37(19)4)24(17)28(41)29(14)43-5)10-18-25(31-30(44-13-45-31)15(2)27(18)40)22(38)12-35-32(42)16(3)36-23(39)6-7-33/h8,16,19-22,26,40-41H,6-7,9-10,12-13H2,1-5H3,(H,35,42)(H,36,39)/t16-,19-,20?,21-,22-,26+/m0/s1. The van der Waals surface area contributed by atoms with Crippen LogP contribution < -0.4 is 24.8 Å². The highest BCUT2D eigenvalue weighted by Gasteiger charge is 2.56. The Kier molecular flexibility index (Phi) is 8.14. The van der Waals surface area contributed by atoms with Crippen molar-refractivity contribution in [2.24, 2.45) is 0 Å². The molecule has 4 heterocycles. The number of amides is 2. The molecule has 45 heavy (non-hydrogen) atoms. The molecule has 0 saturated carbocycles. The highest BCUT2D eigenvalue weighted by Crippen LogP contribution is 2.58. The maximum Gasteiger partial charge on any atom is 0.242 e. The molecule has 4 aliphatic rings. The molecule has 4 aliphatic heterocycles. The van der Waals surface area contributed by atoms with E-state index in [4.69, 9.17) is 25.8 Å². The Morgan fingerprint density at radius 3 is 2.60 bits per heavy atom. The van der Waals surface area contributed by atoms with Crippen LogP contribution in [0, 0.1) is 25.2 Å². The van der Waals surface area contributed by atoms with Crippen molar-refractivity contribution in [2.45, 2.75) is 76.3 Å². The number of phenols is 2. The van der Waals surface area contributed by atoms with E-state index in [0.29, 0.717) is 46.8 Å². The lowest BCUT2D eigenvalue weighted by Gasteiger charge is -2.60. The van der Waals surface area contributed by atoms with E-state index >= 15 is 0 Å². The second kappa shape index (κ2) is 11.8. The molecule has 1 fully saturated rings. The van der Waals surface area contributed by atoms with Crippen molar-refractivity contribution in [3.05, 3.63) is 39.4 Å². The van der Waals surface area contributed by atoms with Gasteiger partial charge in [-0.2, -0.15) is 5.26 Å². The number of phenolic OH excluding ortho intramolecular Hbond substituents is 2. The molecule has 2 aromatic carbocycles. The third-order valence-electron chi connectivity index (χ3n) is 9.85. The molecule has 0 radical (unpaired) electrons. The molecule has 1 saturated heterocycles. The van der Waals surface area contributed by atoms with E-state index in [1.54, 1.807) is 13.8 Å². The number of carbonyl (C=O) groups excluding carboxylic acids is 2. The summed E-state index contributed by atoms with van der Waals surface area (Å²) in [6, 6.07) is 1.59. The van der Waals surface area contributed by atoms with E-state index in [1.165, 1.54) is 7.11 Å². The summed E-state index contributed by atoms with van der Waals surface area (Å²) in [5.41, 5.74) is 4.37. The number of aromatic hydroxyl groups is 2. The largest absolute Gasteiger partial charge is 0.507 e. The number of alkyl halides is 1. The molecular formula is C32H38ClN5O7. The smallest absolute Gasteiger partial charge is 0.242 e. The summed E-state index contributed by atoms with van der Waals surface area (Å²) >= 11 is 5.69. The van der Waals surface area contributed by atoms with Gasteiger partial charge in [0.25, 0.3) is 0 Å². The minimum Gasteiger partial charge on any atom is -0.507 e. The normalized spacial score (nSPS) is 25.3. The van der Waals surface area contributed by atoms with E-state index in [9.17, 15) is 25.1 Å². The van der Waals surface area contributed by atoms with Gasteiger partial charge in [-0.3, -0.25) is 19.4 Å². The van der Waals surface area contributed by atoms with Gasteiger partial charge >= 0.3 is 0 Å². The van der Waals surface area contributed by atoms with Crippen molar-refractivity contribution in [2.75, 3.05) is 33.4 Å². The summed E-state index contributed by atoms with van der Waals surface area (Å²) in [6.45, 7) is 5.30. The number of hydrogen-bond donors (Lipinski definition) is 4. The Morgan fingerprint density at radius 1 is 1.18 bits per heavy atom. The Bertz CT molecular complexity index is 1610. The summed E-state index contributed by atoms with van der Waals surface area (Å²) in [5, 5.41) is 39.5. The molecule has 6 atom stereocenters. The number of rotatable bonds is 7. The first-order valence-electron chi connectivity index (χ1n) is 15.1. The Balaban J connectivity index is 1.48. The van der Waals surface area contributed by atoms with Gasteiger partial charge in [0.2, 0.25) is 18.6 Å². The fourth-order valence-corrected chi connectivity index (χ4v) is 8.03. The third-order valence-corrected chi connectivity index (χ3v) is 10.0. The average molecular weight is 640 g/mol. The average Bonchev–Trinajstić information content (AvgIpc) is 3.49. The number of nitrogens with zero attached hydrogens (tertiary/aromatic N) is 3. The van der Waals surface area contributed by atoms with Crippen molar-refractivity contribution in [3.8, 4) is 34.8 Å². The molecule has 2 bridgehead atoms. The predicted octanol–water partition coefficient (Wildman–Crippen LogP) is 2.47. The summed E-state index contributed by atoms with van der Waals surface area (Å²) in [6.07, 6.45) is 0.961. The number of ether oxygens (including phenoxy) is 3. The number of benzene rings is 2. The Labute approximate surface area is 266 Å². The van der Waals surface area contributed by atoms with E-state index in [0.717, 1.165) is 16.7 Å². The molecule has 240 valence electrons. The number of methoxy groups -OCH3 is 1. The molecular weight excluding hydrogens is 602 g/mol. The summed E-state index contributed by atoms with van der Waals surface area (Å²) in [5.74, 6) is 0.881. The predicted molar refractivity (Wildman–Crippen MR) is 164 cm³/mol. The zero-order chi connectivity index (χ0) is 32.3. The maximum atomic E-state index is 13.3. The first kappa shape index (κ1) is 31.1. The monoisotopic (exact) mass is 639 g/mol. The van der Waals surface area contributed by atoms with Crippen LogP contribution in [-0.4, -0.2) is 89.4 Å². The minimum absolute atomic E-state index is 0.0196. The molecule has 1 unspecified atom stereocenters. The zero-order valence-corrected chi connectivity index (χ0v) is 26.7. The zero-order valence-electron chi connectivity index (χ0n) is 25.9. The fraction of sp³-hybridized carbons (Fsp3) is 0.531. The highest BCUT2D eigenvalue weighted by molar-refractivity contribution is 6.19. The van der Waals surface area contributed by atoms with Gasteiger partial charge in [-0.15, -0.1) is 11.6 Å². The van der Waals surface area contributed by atoms with Crippen molar-refractivity contribution < 1.29 is 34.0 Å². The lowest BCUT2D eigenvalue weighted by Crippen LogP contribution is -2.68. The summed E-state index contributed by atoms with van der Waals surface area (Å²) in [4.78, 5) is 29.6. The Hall–Kier alpha value is -3.92. The van der Waals surface area contributed by atoms with Crippen LogP contribution in [0.1, 0.15) is 58.8 Å². The van der Waals surface area contributed by atoms with Gasteiger partial charge in [-0.1, -0.05) is 6.07 Å². The third kappa shape index (κ3) is 4.80. The molecule has 13 heteroatoms. The number of nitriles is 1. The molecule has 4 N–H and O–H groups in total. The van der Waals surface area contributed by atoms with E-state index in [2.05, 4.69) is 26.5 Å². The van der Waals surface area contributed by atoms with Gasteiger partial charge in [-0.05, 0) is 51.8 Å². The van der Waals surface area contributed by atoms with Crippen LogP contribution in [-0.2, 0) is 22.4 Å². The fourth-order valence-electron chi connectivity index (χ4n) is 7.86.